The Morgan fingerprint density at radius 1 is 1.29 bits per heavy atom. The molecule has 0 spiro atoms. The molecule has 2 rings (SSSR count). The Hall–Kier alpha value is -2.25. The van der Waals surface area contributed by atoms with Crippen LogP contribution < -0.4 is 16.4 Å². The highest BCUT2D eigenvalue weighted by molar-refractivity contribution is 7.09. The third kappa shape index (κ3) is 3.65. The van der Waals surface area contributed by atoms with Crippen LogP contribution in [0.2, 0.25) is 0 Å². The molecule has 0 atom stereocenters. The van der Waals surface area contributed by atoms with Gasteiger partial charge in [0.05, 0.1) is 16.3 Å². The summed E-state index contributed by atoms with van der Waals surface area (Å²) >= 11 is 1.40. The Bertz CT molecular complexity index is 654. The van der Waals surface area contributed by atoms with Crippen molar-refractivity contribution in [1.29, 1.82) is 0 Å². The Kier molecular flexibility index (Phi) is 5.02. The molecule has 0 aliphatic heterocycles. The number of hydrogen-bond donors (Lipinski definition) is 3. The zero-order valence-corrected chi connectivity index (χ0v) is 12.4. The lowest BCUT2D eigenvalue weighted by Crippen LogP contribution is -2.21. The lowest BCUT2D eigenvalue weighted by molar-refractivity contribution is 0.0964. The summed E-state index contributed by atoms with van der Waals surface area (Å²) in [5.41, 5.74) is 6.65. The molecule has 0 aliphatic rings. The number of nitrogens with two attached hydrogens (primary N) is 1. The average Bonchev–Trinajstić information content (AvgIpc) is 2.96. The zero-order valence-electron chi connectivity index (χ0n) is 11.6. The van der Waals surface area contributed by atoms with Gasteiger partial charge in [0.2, 0.25) is 0 Å². The highest BCUT2D eigenvalue weighted by Gasteiger charge is 2.15. The highest BCUT2D eigenvalue weighted by atomic mass is 32.1. The summed E-state index contributed by atoms with van der Waals surface area (Å²) in [7, 11) is 1.54. The molecule has 0 bridgehead atoms. The molecular formula is C14H16N4O2S. The van der Waals surface area contributed by atoms with Crippen LogP contribution in [0, 0.1) is 0 Å². The van der Waals surface area contributed by atoms with Crippen LogP contribution in [0.25, 0.3) is 0 Å². The first-order valence-electron chi connectivity index (χ1n) is 6.42. The maximum absolute atomic E-state index is 12.2. The fraction of sp³-hybridized carbons (Fsp3) is 0.214. The number of aromatic nitrogens is 1. The second kappa shape index (κ2) is 6.96. The topological polar surface area (TPSA) is 97.1 Å². The van der Waals surface area contributed by atoms with Crippen molar-refractivity contribution in [1.82, 2.24) is 10.3 Å². The number of hydrogen-bond acceptors (Lipinski definition) is 5. The van der Waals surface area contributed by atoms with Gasteiger partial charge in [0.25, 0.3) is 11.8 Å². The molecule has 4 N–H and O–H groups in total. The molecule has 0 saturated heterocycles. The number of thiazole rings is 1. The molecule has 1 aromatic heterocycles. The number of nitrogens with one attached hydrogen (secondary N) is 2. The number of amides is 2. The van der Waals surface area contributed by atoms with Crippen LogP contribution in [-0.4, -0.2) is 30.4 Å². The number of nitrogens with zero attached hydrogens (tertiary/aromatic N) is 1. The molecule has 0 fully saturated rings. The Labute approximate surface area is 126 Å². The Balaban J connectivity index is 2.17. The first kappa shape index (κ1) is 15.1. The normalized spacial score (nSPS) is 10.2. The van der Waals surface area contributed by atoms with E-state index in [1.165, 1.54) is 11.3 Å². The van der Waals surface area contributed by atoms with Gasteiger partial charge in [0, 0.05) is 18.8 Å². The summed E-state index contributed by atoms with van der Waals surface area (Å²) in [6.07, 6.45) is 0.646. The van der Waals surface area contributed by atoms with Crippen LogP contribution >= 0.6 is 11.3 Å². The molecule has 2 aromatic rings. The average molecular weight is 304 g/mol. The standard InChI is InChI=1S/C14H16N4O2S/c1-16-13(19)9-4-2-3-5-10(9)18-14(20)11-8-21-12(17-11)6-7-15/h2-5,8H,6-7,15H2,1H3,(H,16,19)(H,18,20). The maximum Gasteiger partial charge on any atom is 0.275 e. The summed E-state index contributed by atoms with van der Waals surface area (Å²) in [6.45, 7) is 0.494. The number of anilines is 1. The summed E-state index contributed by atoms with van der Waals surface area (Å²) in [4.78, 5) is 28.1. The van der Waals surface area contributed by atoms with E-state index in [9.17, 15) is 9.59 Å². The van der Waals surface area contributed by atoms with Crippen molar-refractivity contribution >= 4 is 28.8 Å². The number of rotatable bonds is 5. The third-order valence-electron chi connectivity index (χ3n) is 2.79. The van der Waals surface area contributed by atoms with Gasteiger partial charge in [-0.1, -0.05) is 12.1 Å². The Morgan fingerprint density at radius 3 is 2.76 bits per heavy atom. The summed E-state index contributed by atoms with van der Waals surface area (Å²) in [5.74, 6) is -0.598. The molecule has 21 heavy (non-hydrogen) atoms. The van der Waals surface area contributed by atoms with Crippen molar-refractivity contribution in [2.45, 2.75) is 6.42 Å². The molecule has 1 heterocycles. The van der Waals surface area contributed by atoms with Gasteiger partial charge < -0.3 is 16.4 Å². The highest BCUT2D eigenvalue weighted by Crippen LogP contribution is 2.17. The van der Waals surface area contributed by atoms with Gasteiger partial charge in [-0.25, -0.2) is 4.98 Å². The molecule has 0 radical (unpaired) electrons. The minimum atomic E-state index is -0.342. The second-order valence-electron chi connectivity index (χ2n) is 4.24. The quantitative estimate of drug-likeness (QED) is 0.774. The summed E-state index contributed by atoms with van der Waals surface area (Å²) in [5, 5.41) is 7.75. The van der Waals surface area contributed by atoms with Crippen molar-refractivity contribution < 1.29 is 9.59 Å². The van der Waals surface area contributed by atoms with Crippen molar-refractivity contribution in [2.24, 2.45) is 5.73 Å². The number of benzene rings is 1. The van der Waals surface area contributed by atoms with Crippen molar-refractivity contribution in [3.8, 4) is 0 Å². The molecule has 6 nitrogen and oxygen atoms in total. The van der Waals surface area contributed by atoms with Crippen molar-refractivity contribution in [2.75, 3.05) is 18.9 Å². The lowest BCUT2D eigenvalue weighted by Gasteiger charge is -2.08. The van der Waals surface area contributed by atoms with Gasteiger partial charge in [-0.2, -0.15) is 0 Å². The molecule has 0 aliphatic carbocycles. The van der Waals surface area contributed by atoms with Crippen molar-refractivity contribution in [3.05, 3.63) is 45.9 Å². The van der Waals surface area contributed by atoms with Gasteiger partial charge in [0.1, 0.15) is 5.69 Å². The molecule has 2 amide bonds. The molecule has 1 aromatic carbocycles. The number of carbonyl (C=O) groups is 2. The van der Waals surface area contributed by atoms with Gasteiger partial charge in [0.15, 0.2) is 0 Å². The van der Waals surface area contributed by atoms with E-state index in [2.05, 4.69) is 15.6 Å². The molecule has 0 saturated carbocycles. The first-order chi connectivity index (χ1) is 10.2. The van der Waals surface area contributed by atoms with Crippen LogP contribution in [0.15, 0.2) is 29.6 Å². The van der Waals surface area contributed by atoms with E-state index in [0.717, 1.165) is 5.01 Å². The smallest absolute Gasteiger partial charge is 0.275 e. The largest absolute Gasteiger partial charge is 0.355 e. The second-order valence-corrected chi connectivity index (χ2v) is 5.19. The van der Waals surface area contributed by atoms with Gasteiger partial charge in [-0.15, -0.1) is 11.3 Å². The summed E-state index contributed by atoms with van der Waals surface area (Å²) in [6, 6.07) is 6.82. The van der Waals surface area contributed by atoms with Crippen LogP contribution in [0.3, 0.4) is 0 Å². The predicted molar refractivity (Wildman–Crippen MR) is 82.7 cm³/mol. The van der Waals surface area contributed by atoms with Crippen LogP contribution in [0.5, 0.6) is 0 Å². The van der Waals surface area contributed by atoms with Crippen LogP contribution in [-0.2, 0) is 6.42 Å². The van der Waals surface area contributed by atoms with Crippen LogP contribution in [0.4, 0.5) is 5.69 Å². The fourth-order valence-corrected chi connectivity index (χ4v) is 2.56. The number of carbonyl (C=O) groups excluding carboxylic acids is 2. The first-order valence-corrected chi connectivity index (χ1v) is 7.30. The minimum absolute atomic E-state index is 0.256. The molecule has 0 unspecified atom stereocenters. The zero-order chi connectivity index (χ0) is 15.2. The number of para-hydroxylation sites is 1. The monoisotopic (exact) mass is 304 g/mol. The summed E-state index contributed by atoms with van der Waals surface area (Å²) < 4.78 is 0. The van der Waals surface area contributed by atoms with E-state index in [1.807, 2.05) is 0 Å². The third-order valence-corrected chi connectivity index (χ3v) is 3.70. The molecule has 110 valence electrons. The van der Waals surface area contributed by atoms with E-state index < -0.39 is 0 Å². The van der Waals surface area contributed by atoms with Crippen molar-refractivity contribution in [3.63, 3.8) is 0 Å². The predicted octanol–water partition coefficient (Wildman–Crippen LogP) is 1.26. The van der Waals surface area contributed by atoms with E-state index in [0.29, 0.717) is 29.9 Å². The van der Waals surface area contributed by atoms with E-state index in [4.69, 9.17) is 5.73 Å². The van der Waals surface area contributed by atoms with E-state index in [1.54, 1.807) is 36.7 Å². The van der Waals surface area contributed by atoms with Gasteiger partial charge in [-0.05, 0) is 18.7 Å². The SMILES string of the molecule is CNC(=O)c1ccccc1NC(=O)c1csc(CCN)n1. The van der Waals surface area contributed by atoms with E-state index >= 15 is 0 Å². The lowest BCUT2D eigenvalue weighted by atomic mass is 10.1. The maximum atomic E-state index is 12.2. The minimum Gasteiger partial charge on any atom is -0.355 e. The molecule has 7 heteroatoms. The van der Waals surface area contributed by atoms with Crippen LogP contribution in [0.1, 0.15) is 25.9 Å². The fourth-order valence-electron chi connectivity index (χ4n) is 1.76. The van der Waals surface area contributed by atoms with Gasteiger partial charge >= 0.3 is 0 Å². The van der Waals surface area contributed by atoms with Gasteiger partial charge in [-0.3, -0.25) is 9.59 Å². The Morgan fingerprint density at radius 2 is 2.05 bits per heavy atom. The molecular weight excluding hydrogens is 288 g/mol. The van der Waals surface area contributed by atoms with E-state index in [-0.39, 0.29) is 11.8 Å².